The van der Waals surface area contributed by atoms with Crippen LogP contribution in [-0.2, 0) is 15.3 Å². The van der Waals surface area contributed by atoms with Gasteiger partial charge in [0.15, 0.2) is 0 Å². The molecule has 3 heteroatoms. The molecule has 0 saturated carbocycles. The molecule has 2 rings (SSSR count). The molecule has 12 heavy (non-hydrogen) atoms. The highest BCUT2D eigenvalue weighted by atomic mass is 32.1. The van der Waals surface area contributed by atoms with Crippen LogP contribution in [0.5, 0.6) is 0 Å². The van der Waals surface area contributed by atoms with Crippen molar-refractivity contribution in [2.45, 2.75) is 12.7 Å². The van der Waals surface area contributed by atoms with Gasteiger partial charge >= 0.3 is 0 Å². The van der Waals surface area contributed by atoms with Gasteiger partial charge < -0.3 is 9.47 Å². The maximum Gasteiger partial charge on any atom is 0.243 e. The zero-order valence-electron chi connectivity index (χ0n) is 6.87. The molecule has 1 fully saturated rings. The second-order valence-corrected chi connectivity index (χ2v) is 3.80. The predicted octanol–water partition coefficient (Wildman–Crippen LogP) is 2.48. The van der Waals surface area contributed by atoms with Crippen LogP contribution in [-0.4, -0.2) is 6.61 Å². The smallest absolute Gasteiger partial charge is 0.243 e. The van der Waals surface area contributed by atoms with E-state index in [1.165, 1.54) is 0 Å². The Hall–Kier alpha value is -0.800. The minimum Gasteiger partial charge on any atom is -0.460 e. The lowest BCUT2D eigenvalue weighted by Crippen LogP contribution is -2.20. The first kappa shape index (κ1) is 7.83. The van der Waals surface area contributed by atoms with Gasteiger partial charge in [0.2, 0.25) is 5.79 Å². The van der Waals surface area contributed by atoms with Gasteiger partial charge in [0, 0.05) is 6.92 Å². The summed E-state index contributed by atoms with van der Waals surface area (Å²) in [6.07, 6.45) is 0. The molecule has 1 atom stereocenters. The highest BCUT2D eigenvalue weighted by Gasteiger charge is 2.36. The van der Waals surface area contributed by atoms with E-state index in [0.717, 1.165) is 4.88 Å². The lowest BCUT2D eigenvalue weighted by atomic mass is 10.3. The van der Waals surface area contributed by atoms with Crippen LogP contribution in [0.2, 0.25) is 0 Å². The van der Waals surface area contributed by atoms with Crippen LogP contribution in [0.25, 0.3) is 0 Å². The van der Waals surface area contributed by atoms with Crippen LogP contribution in [0.15, 0.2) is 29.9 Å². The molecule has 1 saturated heterocycles. The highest BCUT2D eigenvalue weighted by molar-refractivity contribution is 7.10. The van der Waals surface area contributed by atoms with Gasteiger partial charge in [-0.2, -0.15) is 0 Å². The van der Waals surface area contributed by atoms with Crippen LogP contribution in [0.1, 0.15) is 11.8 Å². The molecule has 2 heterocycles. The van der Waals surface area contributed by atoms with E-state index in [1.807, 2.05) is 24.4 Å². The summed E-state index contributed by atoms with van der Waals surface area (Å²) in [7, 11) is 0. The lowest BCUT2D eigenvalue weighted by molar-refractivity contribution is -0.137. The van der Waals surface area contributed by atoms with E-state index in [2.05, 4.69) is 6.58 Å². The fourth-order valence-corrected chi connectivity index (χ4v) is 1.99. The summed E-state index contributed by atoms with van der Waals surface area (Å²) in [5.41, 5.74) is 0. The maximum atomic E-state index is 5.49. The molecule has 1 aromatic heterocycles. The Balaban J connectivity index is 2.28. The highest BCUT2D eigenvalue weighted by Crippen LogP contribution is 2.36. The van der Waals surface area contributed by atoms with E-state index >= 15 is 0 Å². The third-order valence-electron chi connectivity index (χ3n) is 1.82. The summed E-state index contributed by atoms with van der Waals surface area (Å²) < 4.78 is 11.0. The van der Waals surface area contributed by atoms with Crippen molar-refractivity contribution >= 4 is 11.3 Å². The number of hydrogen-bond donors (Lipinski definition) is 0. The standard InChI is InChI=1S/C9H10O2S/c1-7-6-10-9(2,11-7)8-4-3-5-12-8/h3-5H,1,6H2,2H3. The third-order valence-corrected chi connectivity index (χ3v) is 2.87. The van der Waals surface area contributed by atoms with Crippen molar-refractivity contribution in [3.05, 3.63) is 34.7 Å². The molecule has 1 aromatic rings. The van der Waals surface area contributed by atoms with Crippen LogP contribution in [0.3, 0.4) is 0 Å². The number of thiophene rings is 1. The second kappa shape index (κ2) is 2.61. The fraction of sp³-hybridized carbons (Fsp3) is 0.333. The van der Waals surface area contributed by atoms with Gasteiger partial charge in [-0.05, 0) is 11.4 Å². The van der Waals surface area contributed by atoms with E-state index in [9.17, 15) is 0 Å². The van der Waals surface area contributed by atoms with Crippen molar-refractivity contribution < 1.29 is 9.47 Å². The van der Waals surface area contributed by atoms with E-state index in [1.54, 1.807) is 11.3 Å². The van der Waals surface area contributed by atoms with E-state index in [0.29, 0.717) is 12.4 Å². The van der Waals surface area contributed by atoms with Gasteiger partial charge in [-0.3, -0.25) is 0 Å². The monoisotopic (exact) mass is 182 g/mol. The normalized spacial score (nSPS) is 28.9. The van der Waals surface area contributed by atoms with Gasteiger partial charge in [-0.15, -0.1) is 11.3 Å². The summed E-state index contributed by atoms with van der Waals surface area (Å²) in [4.78, 5) is 1.08. The minimum absolute atomic E-state index is 0.494. The van der Waals surface area contributed by atoms with Gasteiger partial charge in [-0.1, -0.05) is 12.6 Å². The van der Waals surface area contributed by atoms with Crippen LogP contribution in [0.4, 0.5) is 0 Å². The van der Waals surface area contributed by atoms with Gasteiger partial charge in [-0.25, -0.2) is 0 Å². The largest absolute Gasteiger partial charge is 0.460 e. The number of ether oxygens (including phenoxy) is 2. The van der Waals surface area contributed by atoms with Crippen molar-refractivity contribution in [3.8, 4) is 0 Å². The zero-order chi connectivity index (χ0) is 8.60. The Bertz CT molecular complexity index is 291. The first-order chi connectivity index (χ1) is 5.71. The Morgan fingerprint density at radius 1 is 1.67 bits per heavy atom. The van der Waals surface area contributed by atoms with E-state index in [4.69, 9.17) is 9.47 Å². The SMILES string of the molecule is C=C1COC(C)(c2cccs2)O1. The van der Waals surface area contributed by atoms with Crippen molar-refractivity contribution in [1.82, 2.24) is 0 Å². The Morgan fingerprint density at radius 2 is 2.50 bits per heavy atom. The minimum atomic E-state index is -0.592. The molecular formula is C9H10O2S. The summed E-state index contributed by atoms with van der Waals surface area (Å²) in [6, 6.07) is 3.99. The van der Waals surface area contributed by atoms with Crippen LogP contribution in [0, 0.1) is 0 Å². The Morgan fingerprint density at radius 3 is 3.00 bits per heavy atom. The molecule has 0 aliphatic carbocycles. The predicted molar refractivity (Wildman–Crippen MR) is 47.8 cm³/mol. The fourth-order valence-electron chi connectivity index (χ4n) is 1.21. The molecule has 0 aromatic carbocycles. The topological polar surface area (TPSA) is 18.5 Å². The van der Waals surface area contributed by atoms with Gasteiger partial charge in [0.25, 0.3) is 0 Å². The second-order valence-electron chi connectivity index (χ2n) is 2.85. The third kappa shape index (κ3) is 1.15. The summed E-state index contributed by atoms with van der Waals surface area (Å²) in [5.74, 6) is 0.108. The summed E-state index contributed by atoms with van der Waals surface area (Å²) in [6.45, 7) is 6.13. The van der Waals surface area contributed by atoms with Crippen molar-refractivity contribution in [2.75, 3.05) is 6.61 Å². The van der Waals surface area contributed by atoms with Gasteiger partial charge in [0.05, 0.1) is 4.88 Å². The molecule has 0 N–H and O–H groups in total. The molecular weight excluding hydrogens is 172 g/mol. The zero-order valence-corrected chi connectivity index (χ0v) is 7.69. The maximum absolute atomic E-state index is 5.49. The average molecular weight is 182 g/mol. The summed E-state index contributed by atoms with van der Waals surface area (Å²) in [5, 5.41) is 2.01. The molecule has 0 bridgehead atoms. The Labute approximate surface area is 75.4 Å². The number of hydrogen-bond acceptors (Lipinski definition) is 3. The molecule has 0 radical (unpaired) electrons. The quantitative estimate of drug-likeness (QED) is 0.664. The molecule has 1 aliphatic heterocycles. The first-order valence-corrected chi connectivity index (χ1v) is 4.63. The van der Waals surface area contributed by atoms with Crippen molar-refractivity contribution in [1.29, 1.82) is 0 Å². The van der Waals surface area contributed by atoms with Crippen LogP contribution < -0.4 is 0 Å². The first-order valence-electron chi connectivity index (χ1n) is 3.75. The number of rotatable bonds is 1. The average Bonchev–Trinajstić information content (AvgIpc) is 2.59. The van der Waals surface area contributed by atoms with Crippen molar-refractivity contribution in [2.24, 2.45) is 0 Å². The lowest BCUT2D eigenvalue weighted by Gasteiger charge is -2.20. The molecule has 0 amide bonds. The molecule has 1 unspecified atom stereocenters. The van der Waals surface area contributed by atoms with Crippen LogP contribution >= 0.6 is 11.3 Å². The molecule has 1 aliphatic rings. The summed E-state index contributed by atoms with van der Waals surface area (Å²) >= 11 is 1.63. The van der Waals surface area contributed by atoms with E-state index in [-0.39, 0.29) is 0 Å². The Kier molecular flexibility index (Phi) is 1.70. The molecule has 2 nitrogen and oxygen atoms in total. The van der Waals surface area contributed by atoms with E-state index < -0.39 is 5.79 Å². The van der Waals surface area contributed by atoms with Gasteiger partial charge in [0.1, 0.15) is 12.4 Å². The molecule has 0 spiro atoms. The van der Waals surface area contributed by atoms with Crippen molar-refractivity contribution in [3.63, 3.8) is 0 Å². The molecule has 64 valence electrons.